The van der Waals surface area contributed by atoms with Crippen LogP contribution in [0.4, 0.5) is 5.69 Å². The number of aryl methyl sites for hydroxylation is 1. The third-order valence-electron chi connectivity index (χ3n) is 5.25. The van der Waals surface area contributed by atoms with Crippen LogP contribution in [0.1, 0.15) is 23.8 Å². The molecule has 1 saturated heterocycles. The number of ether oxygens (including phenoxy) is 1. The second-order valence-electron chi connectivity index (χ2n) is 7.19. The summed E-state index contributed by atoms with van der Waals surface area (Å²) >= 11 is 1.81. The van der Waals surface area contributed by atoms with Crippen LogP contribution in [0, 0.1) is 0 Å². The first-order chi connectivity index (χ1) is 13.6. The van der Waals surface area contributed by atoms with E-state index in [-0.39, 0.29) is 18.2 Å². The second kappa shape index (κ2) is 9.61. The molecule has 6 nitrogen and oxygen atoms in total. The standard InChI is InChI=1S/C21H26N4O2S.ClH/c1-16(26)18-15-21(23(2)22-18)27-13-4-8-24-9-11-25(12-10-24)19-5-3-6-20-17(19)7-14-28-20;/h3,5-7,14-15H,4,8-13H2,1-2H3;1H. The van der Waals surface area contributed by atoms with Gasteiger partial charge in [-0.3, -0.25) is 9.69 Å². The maximum absolute atomic E-state index is 11.4. The Labute approximate surface area is 181 Å². The molecule has 0 amide bonds. The quantitative estimate of drug-likeness (QED) is 0.417. The number of nitrogens with zero attached hydrogens (tertiary/aromatic N) is 4. The Morgan fingerprint density at radius 2 is 2.00 bits per heavy atom. The highest BCUT2D eigenvalue weighted by Crippen LogP contribution is 2.31. The molecule has 2 aromatic heterocycles. The normalized spacial score (nSPS) is 14.8. The molecule has 0 unspecified atom stereocenters. The van der Waals surface area contributed by atoms with Crippen molar-refractivity contribution in [2.75, 3.05) is 44.2 Å². The van der Waals surface area contributed by atoms with Crippen molar-refractivity contribution in [3.05, 3.63) is 41.4 Å². The molecule has 1 aliphatic rings. The van der Waals surface area contributed by atoms with Crippen LogP contribution >= 0.6 is 23.7 Å². The van der Waals surface area contributed by atoms with Crippen molar-refractivity contribution in [3.63, 3.8) is 0 Å². The number of piperazine rings is 1. The van der Waals surface area contributed by atoms with E-state index in [0.717, 1.165) is 39.1 Å². The van der Waals surface area contributed by atoms with Crippen LogP contribution in [-0.2, 0) is 7.05 Å². The van der Waals surface area contributed by atoms with Gasteiger partial charge in [-0.15, -0.1) is 23.7 Å². The molecule has 1 fully saturated rings. The number of ketones is 1. The lowest BCUT2D eigenvalue weighted by Crippen LogP contribution is -2.46. The number of benzene rings is 1. The summed E-state index contributed by atoms with van der Waals surface area (Å²) in [6.07, 6.45) is 0.959. The lowest BCUT2D eigenvalue weighted by atomic mass is 10.2. The zero-order valence-corrected chi connectivity index (χ0v) is 18.5. The first kappa shape index (κ1) is 21.6. The van der Waals surface area contributed by atoms with Gasteiger partial charge in [0.1, 0.15) is 5.69 Å². The lowest BCUT2D eigenvalue weighted by Gasteiger charge is -2.36. The molecule has 0 saturated carbocycles. The third kappa shape index (κ3) is 4.91. The van der Waals surface area contributed by atoms with Crippen LogP contribution < -0.4 is 9.64 Å². The second-order valence-corrected chi connectivity index (χ2v) is 8.14. The van der Waals surface area contributed by atoms with E-state index in [1.165, 1.54) is 22.7 Å². The monoisotopic (exact) mass is 434 g/mol. The van der Waals surface area contributed by atoms with E-state index in [1.54, 1.807) is 29.1 Å². The van der Waals surface area contributed by atoms with Gasteiger partial charge in [0, 0.05) is 68.5 Å². The predicted molar refractivity (Wildman–Crippen MR) is 121 cm³/mol. The molecule has 0 radical (unpaired) electrons. The van der Waals surface area contributed by atoms with Crippen LogP contribution in [0.2, 0.25) is 0 Å². The van der Waals surface area contributed by atoms with E-state index < -0.39 is 0 Å². The van der Waals surface area contributed by atoms with E-state index >= 15 is 0 Å². The number of halogens is 1. The van der Waals surface area contributed by atoms with E-state index in [1.807, 2.05) is 0 Å². The van der Waals surface area contributed by atoms with Gasteiger partial charge in [-0.05, 0) is 30.0 Å². The molecule has 0 spiro atoms. The summed E-state index contributed by atoms with van der Waals surface area (Å²) in [6, 6.07) is 10.5. The van der Waals surface area contributed by atoms with Gasteiger partial charge in [0.25, 0.3) is 0 Å². The largest absolute Gasteiger partial charge is 0.478 e. The number of hydrogen-bond acceptors (Lipinski definition) is 6. The third-order valence-corrected chi connectivity index (χ3v) is 6.13. The summed E-state index contributed by atoms with van der Waals surface area (Å²) in [7, 11) is 1.80. The smallest absolute Gasteiger partial charge is 0.212 e. The van der Waals surface area contributed by atoms with Gasteiger partial charge in [0.05, 0.1) is 6.61 Å². The van der Waals surface area contributed by atoms with Crippen molar-refractivity contribution in [3.8, 4) is 5.88 Å². The van der Waals surface area contributed by atoms with Crippen molar-refractivity contribution in [1.82, 2.24) is 14.7 Å². The molecule has 8 heteroatoms. The molecule has 3 aromatic rings. The summed E-state index contributed by atoms with van der Waals surface area (Å²) in [5, 5.41) is 7.70. The van der Waals surface area contributed by atoms with Gasteiger partial charge in [-0.1, -0.05) is 6.07 Å². The Hall–Kier alpha value is -2.09. The number of rotatable bonds is 7. The molecule has 0 N–H and O–H groups in total. The van der Waals surface area contributed by atoms with Gasteiger partial charge in [0.15, 0.2) is 5.78 Å². The minimum Gasteiger partial charge on any atom is -0.478 e. The first-order valence-corrected chi connectivity index (χ1v) is 10.6. The van der Waals surface area contributed by atoms with E-state index in [4.69, 9.17) is 4.74 Å². The van der Waals surface area contributed by atoms with Gasteiger partial charge in [-0.25, -0.2) is 4.68 Å². The summed E-state index contributed by atoms with van der Waals surface area (Å²) in [4.78, 5) is 16.4. The van der Waals surface area contributed by atoms with Gasteiger partial charge < -0.3 is 9.64 Å². The average Bonchev–Trinajstić information content (AvgIpc) is 3.32. The van der Waals surface area contributed by atoms with Crippen LogP contribution in [0.5, 0.6) is 5.88 Å². The highest BCUT2D eigenvalue weighted by molar-refractivity contribution is 7.17. The fourth-order valence-electron chi connectivity index (χ4n) is 3.69. The van der Waals surface area contributed by atoms with E-state index in [2.05, 4.69) is 44.5 Å². The molecular formula is C21H27ClN4O2S. The number of Topliss-reactive ketones (excluding diaryl/α,β-unsaturated/α-hetero) is 1. The Balaban J connectivity index is 0.00000240. The van der Waals surface area contributed by atoms with Crippen molar-refractivity contribution in [2.24, 2.45) is 7.05 Å². The number of hydrogen-bond donors (Lipinski definition) is 0. The Morgan fingerprint density at radius 1 is 1.21 bits per heavy atom. The number of fused-ring (bicyclic) bond motifs is 1. The van der Waals surface area contributed by atoms with Crippen molar-refractivity contribution < 1.29 is 9.53 Å². The molecule has 3 heterocycles. The minimum atomic E-state index is -0.0403. The molecule has 29 heavy (non-hydrogen) atoms. The Kier molecular flexibility index (Phi) is 7.16. The molecule has 0 bridgehead atoms. The number of thiophene rings is 1. The predicted octanol–water partition coefficient (Wildman–Crippen LogP) is 3.85. The van der Waals surface area contributed by atoms with E-state index in [9.17, 15) is 4.79 Å². The Morgan fingerprint density at radius 3 is 2.72 bits per heavy atom. The van der Waals surface area contributed by atoms with Crippen LogP contribution in [-0.4, -0.2) is 59.8 Å². The van der Waals surface area contributed by atoms with Gasteiger partial charge in [0.2, 0.25) is 5.88 Å². The number of aromatic nitrogens is 2. The summed E-state index contributed by atoms with van der Waals surface area (Å²) in [6.45, 7) is 7.42. The minimum absolute atomic E-state index is 0. The zero-order valence-electron chi connectivity index (χ0n) is 16.8. The molecule has 1 aliphatic heterocycles. The molecule has 4 rings (SSSR count). The number of carbonyl (C=O) groups excluding carboxylic acids is 1. The van der Waals surface area contributed by atoms with Gasteiger partial charge in [-0.2, -0.15) is 5.10 Å². The summed E-state index contributed by atoms with van der Waals surface area (Å²) in [5.41, 5.74) is 1.81. The van der Waals surface area contributed by atoms with E-state index in [0.29, 0.717) is 18.2 Å². The van der Waals surface area contributed by atoms with Crippen LogP contribution in [0.15, 0.2) is 35.7 Å². The fraction of sp³-hybridized carbons (Fsp3) is 0.429. The fourth-order valence-corrected chi connectivity index (χ4v) is 4.50. The van der Waals surface area contributed by atoms with Crippen molar-refractivity contribution in [2.45, 2.75) is 13.3 Å². The first-order valence-electron chi connectivity index (χ1n) is 9.73. The number of anilines is 1. The van der Waals surface area contributed by atoms with Gasteiger partial charge >= 0.3 is 0 Å². The van der Waals surface area contributed by atoms with Crippen LogP contribution in [0.3, 0.4) is 0 Å². The number of carbonyl (C=O) groups is 1. The molecular weight excluding hydrogens is 408 g/mol. The van der Waals surface area contributed by atoms with Crippen molar-refractivity contribution in [1.29, 1.82) is 0 Å². The molecule has 156 valence electrons. The van der Waals surface area contributed by atoms with Crippen LogP contribution in [0.25, 0.3) is 10.1 Å². The topological polar surface area (TPSA) is 50.6 Å². The summed E-state index contributed by atoms with van der Waals surface area (Å²) in [5.74, 6) is 0.611. The molecule has 0 atom stereocenters. The van der Waals surface area contributed by atoms with Crippen molar-refractivity contribution >= 4 is 45.3 Å². The maximum atomic E-state index is 11.4. The SMILES string of the molecule is CC(=O)c1cc(OCCCN2CCN(c3cccc4sccc34)CC2)n(C)n1.Cl. The zero-order chi connectivity index (χ0) is 19.5. The Bertz CT molecular complexity index is 963. The molecule has 1 aromatic carbocycles. The lowest BCUT2D eigenvalue weighted by molar-refractivity contribution is 0.101. The molecule has 0 aliphatic carbocycles. The highest BCUT2D eigenvalue weighted by atomic mass is 35.5. The maximum Gasteiger partial charge on any atom is 0.212 e. The average molecular weight is 435 g/mol. The highest BCUT2D eigenvalue weighted by Gasteiger charge is 2.18. The summed E-state index contributed by atoms with van der Waals surface area (Å²) < 4.78 is 8.79.